The van der Waals surface area contributed by atoms with Gasteiger partial charge in [0.25, 0.3) is 0 Å². The third-order valence-corrected chi connectivity index (χ3v) is 4.54. The van der Waals surface area contributed by atoms with Crippen molar-refractivity contribution in [3.63, 3.8) is 0 Å². The molecule has 4 heteroatoms. The first-order valence-electron chi connectivity index (χ1n) is 7.09. The highest BCUT2D eigenvalue weighted by Gasteiger charge is 2.34. The zero-order valence-corrected chi connectivity index (χ0v) is 11.4. The van der Waals surface area contributed by atoms with Gasteiger partial charge in [0.2, 0.25) is 0 Å². The molecule has 0 aromatic carbocycles. The second-order valence-electron chi connectivity index (χ2n) is 5.70. The summed E-state index contributed by atoms with van der Waals surface area (Å²) in [7, 11) is 2.25. The van der Waals surface area contributed by atoms with Crippen LogP contribution in [0, 0.1) is 17.2 Å². The molecule has 3 rings (SSSR count). The SMILES string of the molecule is CN1CCCC2CN(c3cc(C#N)ccn3)CCC21. The van der Waals surface area contributed by atoms with E-state index in [1.54, 1.807) is 12.3 Å². The number of likely N-dealkylation sites (tertiary alicyclic amines) is 1. The van der Waals surface area contributed by atoms with Crippen molar-refractivity contribution in [1.29, 1.82) is 5.26 Å². The van der Waals surface area contributed by atoms with Crippen LogP contribution in [0.5, 0.6) is 0 Å². The summed E-state index contributed by atoms with van der Waals surface area (Å²) in [5, 5.41) is 8.98. The van der Waals surface area contributed by atoms with E-state index >= 15 is 0 Å². The molecule has 2 unspecified atom stereocenters. The second kappa shape index (κ2) is 5.18. The number of hydrogen-bond donors (Lipinski definition) is 0. The molecule has 0 amide bonds. The lowest BCUT2D eigenvalue weighted by atomic mass is 9.84. The normalized spacial score (nSPS) is 27.7. The minimum Gasteiger partial charge on any atom is -0.356 e. The van der Waals surface area contributed by atoms with Crippen LogP contribution in [0.25, 0.3) is 0 Å². The van der Waals surface area contributed by atoms with Gasteiger partial charge < -0.3 is 9.80 Å². The summed E-state index contributed by atoms with van der Waals surface area (Å²) in [6, 6.07) is 6.61. The van der Waals surface area contributed by atoms with Crippen molar-refractivity contribution in [2.45, 2.75) is 25.3 Å². The summed E-state index contributed by atoms with van der Waals surface area (Å²) < 4.78 is 0. The van der Waals surface area contributed by atoms with Crippen LogP contribution in [-0.2, 0) is 0 Å². The molecule has 2 fully saturated rings. The van der Waals surface area contributed by atoms with Gasteiger partial charge in [0.15, 0.2) is 0 Å². The molecule has 4 nitrogen and oxygen atoms in total. The Morgan fingerprint density at radius 2 is 2.26 bits per heavy atom. The third-order valence-electron chi connectivity index (χ3n) is 4.54. The fourth-order valence-electron chi connectivity index (χ4n) is 3.52. The lowest BCUT2D eigenvalue weighted by molar-refractivity contribution is 0.102. The van der Waals surface area contributed by atoms with Crippen molar-refractivity contribution < 1.29 is 0 Å². The second-order valence-corrected chi connectivity index (χ2v) is 5.70. The van der Waals surface area contributed by atoms with Crippen LogP contribution in [0.1, 0.15) is 24.8 Å². The molecule has 0 spiro atoms. The molecule has 2 atom stereocenters. The number of anilines is 1. The molecule has 0 bridgehead atoms. The van der Waals surface area contributed by atoms with Gasteiger partial charge in [-0.25, -0.2) is 4.98 Å². The average molecular weight is 256 g/mol. The largest absolute Gasteiger partial charge is 0.356 e. The smallest absolute Gasteiger partial charge is 0.129 e. The van der Waals surface area contributed by atoms with Crippen molar-refractivity contribution in [3.05, 3.63) is 23.9 Å². The highest BCUT2D eigenvalue weighted by molar-refractivity contribution is 5.45. The van der Waals surface area contributed by atoms with E-state index in [-0.39, 0.29) is 0 Å². The molecule has 1 aromatic heterocycles. The zero-order valence-electron chi connectivity index (χ0n) is 11.4. The van der Waals surface area contributed by atoms with Crippen LogP contribution >= 0.6 is 0 Å². The molecule has 100 valence electrons. The number of nitrogens with zero attached hydrogens (tertiary/aromatic N) is 4. The third kappa shape index (κ3) is 2.43. The summed E-state index contributed by atoms with van der Waals surface area (Å²) in [6.07, 6.45) is 5.58. The molecule has 2 aliphatic heterocycles. The van der Waals surface area contributed by atoms with Gasteiger partial charge in [0.1, 0.15) is 5.82 Å². The van der Waals surface area contributed by atoms with Crippen LogP contribution in [0.4, 0.5) is 5.82 Å². The quantitative estimate of drug-likeness (QED) is 0.769. The number of piperidine rings is 2. The molecule has 19 heavy (non-hydrogen) atoms. The van der Waals surface area contributed by atoms with E-state index in [2.05, 4.69) is 27.9 Å². The Labute approximate surface area is 114 Å². The molecule has 2 aliphatic rings. The van der Waals surface area contributed by atoms with E-state index in [9.17, 15) is 0 Å². The number of hydrogen-bond acceptors (Lipinski definition) is 4. The number of fused-ring (bicyclic) bond motifs is 1. The molecular formula is C15H20N4. The first-order chi connectivity index (χ1) is 9.28. The topological polar surface area (TPSA) is 43.2 Å². The molecular weight excluding hydrogens is 236 g/mol. The van der Waals surface area contributed by atoms with E-state index in [1.165, 1.54) is 25.8 Å². The summed E-state index contributed by atoms with van der Waals surface area (Å²) in [4.78, 5) is 9.30. The Balaban J connectivity index is 1.75. The molecule has 3 heterocycles. The Kier molecular flexibility index (Phi) is 3.39. The van der Waals surface area contributed by atoms with Gasteiger partial charge in [-0.3, -0.25) is 0 Å². The maximum atomic E-state index is 8.98. The van der Waals surface area contributed by atoms with Gasteiger partial charge in [-0.1, -0.05) is 0 Å². The minimum atomic E-state index is 0.702. The maximum Gasteiger partial charge on any atom is 0.129 e. The zero-order chi connectivity index (χ0) is 13.2. The van der Waals surface area contributed by atoms with Crippen molar-refractivity contribution in [2.24, 2.45) is 5.92 Å². The van der Waals surface area contributed by atoms with Crippen molar-refractivity contribution in [3.8, 4) is 6.07 Å². The Bertz CT molecular complexity index is 493. The Morgan fingerprint density at radius 1 is 1.37 bits per heavy atom. The van der Waals surface area contributed by atoms with Gasteiger partial charge in [-0.15, -0.1) is 0 Å². The van der Waals surface area contributed by atoms with Crippen LogP contribution in [-0.4, -0.2) is 42.6 Å². The number of nitriles is 1. The monoisotopic (exact) mass is 256 g/mol. The standard InChI is InChI=1S/C15H20N4/c1-18-7-2-3-13-11-19(8-5-14(13)18)15-9-12(10-16)4-6-17-15/h4,6,9,13-14H,2-3,5,7-8,11H2,1H3. The number of rotatable bonds is 1. The predicted molar refractivity (Wildman–Crippen MR) is 74.9 cm³/mol. The average Bonchev–Trinajstić information content (AvgIpc) is 2.47. The fourth-order valence-corrected chi connectivity index (χ4v) is 3.52. The van der Waals surface area contributed by atoms with Crippen LogP contribution in [0.15, 0.2) is 18.3 Å². The summed E-state index contributed by atoms with van der Waals surface area (Å²) in [5.41, 5.74) is 0.702. The first kappa shape index (κ1) is 12.4. The number of aromatic nitrogens is 1. The van der Waals surface area contributed by atoms with E-state index in [1.807, 2.05) is 6.07 Å². The minimum absolute atomic E-state index is 0.702. The lowest BCUT2D eigenvalue weighted by Gasteiger charge is -2.46. The Hall–Kier alpha value is -1.60. The lowest BCUT2D eigenvalue weighted by Crippen LogP contribution is -2.52. The number of pyridine rings is 1. The van der Waals surface area contributed by atoms with E-state index in [0.29, 0.717) is 5.56 Å². The van der Waals surface area contributed by atoms with Gasteiger partial charge in [0.05, 0.1) is 11.6 Å². The highest BCUT2D eigenvalue weighted by atomic mass is 15.2. The van der Waals surface area contributed by atoms with Gasteiger partial charge >= 0.3 is 0 Å². The molecule has 0 radical (unpaired) electrons. The van der Waals surface area contributed by atoms with Gasteiger partial charge in [-0.05, 0) is 50.9 Å². The highest BCUT2D eigenvalue weighted by Crippen LogP contribution is 2.31. The summed E-state index contributed by atoms with van der Waals surface area (Å²) >= 11 is 0. The molecule has 0 aliphatic carbocycles. The predicted octanol–water partition coefficient (Wildman–Crippen LogP) is 1.87. The first-order valence-corrected chi connectivity index (χ1v) is 7.09. The summed E-state index contributed by atoms with van der Waals surface area (Å²) in [5.74, 6) is 1.71. The molecule has 1 aromatic rings. The van der Waals surface area contributed by atoms with Gasteiger partial charge in [-0.2, -0.15) is 5.26 Å². The van der Waals surface area contributed by atoms with E-state index in [0.717, 1.165) is 30.9 Å². The van der Waals surface area contributed by atoms with Gasteiger partial charge in [0, 0.05) is 25.3 Å². The van der Waals surface area contributed by atoms with Crippen molar-refractivity contribution in [1.82, 2.24) is 9.88 Å². The molecule has 2 saturated heterocycles. The molecule has 0 N–H and O–H groups in total. The van der Waals surface area contributed by atoms with E-state index < -0.39 is 0 Å². The van der Waals surface area contributed by atoms with Crippen molar-refractivity contribution >= 4 is 5.82 Å². The van der Waals surface area contributed by atoms with Crippen LogP contribution < -0.4 is 4.90 Å². The van der Waals surface area contributed by atoms with Crippen LogP contribution in [0.3, 0.4) is 0 Å². The van der Waals surface area contributed by atoms with E-state index in [4.69, 9.17) is 5.26 Å². The van der Waals surface area contributed by atoms with Crippen molar-refractivity contribution in [2.75, 3.05) is 31.6 Å². The Morgan fingerprint density at radius 3 is 3.11 bits per heavy atom. The fraction of sp³-hybridized carbons (Fsp3) is 0.600. The summed E-state index contributed by atoms with van der Waals surface area (Å²) in [6.45, 7) is 3.37. The van der Waals surface area contributed by atoms with Crippen LogP contribution in [0.2, 0.25) is 0 Å². The molecule has 0 saturated carbocycles. The maximum absolute atomic E-state index is 8.98.